The van der Waals surface area contributed by atoms with Crippen LogP contribution in [0.4, 0.5) is 0 Å². The van der Waals surface area contributed by atoms with Gasteiger partial charge in [0.1, 0.15) is 0 Å². The van der Waals surface area contributed by atoms with Crippen LogP contribution in [-0.2, 0) is 11.3 Å². The zero-order valence-electron chi connectivity index (χ0n) is 17.0. The van der Waals surface area contributed by atoms with E-state index in [1.165, 1.54) is 37.1 Å². The van der Waals surface area contributed by atoms with E-state index in [1.807, 2.05) is 0 Å². The lowest BCUT2D eigenvalue weighted by molar-refractivity contribution is -0.0670. The van der Waals surface area contributed by atoms with Crippen molar-refractivity contribution in [3.05, 3.63) is 17.0 Å². The molecule has 3 aliphatic heterocycles. The van der Waals surface area contributed by atoms with Gasteiger partial charge in [-0.1, -0.05) is 0 Å². The second kappa shape index (κ2) is 8.19. The van der Waals surface area contributed by atoms with Crippen molar-refractivity contribution in [3.63, 3.8) is 0 Å². The second-order valence-electron chi connectivity index (χ2n) is 9.02. The smallest absolute Gasteiger partial charge is 0.0639 e. The molecule has 0 saturated carbocycles. The molecular weight excluding hydrogens is 340 g/mol. The van der Waals surface area contributed by atoms with Gasteiger partial charge in [-0.15, -0.1) is 0 Å². The van der Waals surface area contributed by atoms with Gasteiger partial charge in [-0.3, -0.25) is 14.9 Å². The van der Waals surface area contributed by atoms with Crippen LogP contribution in [0.1, 0.15) is 49.1 Å². The summed E-state index contributed by atoms with van der Waals surface area (Å²) in [6, 6.07) is 0.664. The van der Waals surface area contributed by atoms with Crippen molar-refractivity contribution in [1.82, 2.24) is 20.0 Å². The van der Waals surface area contributed by atoms with Crippen LogP contribution in [0.5, 0.6) is 0 Å². The van der Waals surface area contributed by atoms with Gasteiger partial charge in [-0.05, 0) is 71.0 Å². The van der Waals surface area contributed by atoms with Crippen molar-refractivity contribution in [2.24, 2.45) is 11.3 Å². The molecular formula is C21H36N4O2. The van der Waals surface area contributed by atoms with E-state index in [-0.39, 0.29) is 0 Å². The first-order valence-corrected chi connectivity index (χ1v) is 10.8. The Labute approximate surface area is 163 Å². The molecule has 1 spiro atoms. The number of nitrogens with one attached hydrogen (secondary N) is 1. The van der Waals surface area contributed by atoms with Gasteiger partial charge >= 0.3 is 0 Å². The number of likely N-dealkylation sites (tertiary alicyclic amines) is 2. The van der Waals surface area contributed by atoms with Crippen molar-refractivity contribution >= 4 is 0 Å². The first kappa shape index (κ1) is 19.4. The predicted molar refractivity (Wildman–Crippen MR) is 106 cm³/mol. The van der Waals surface area contributed by atoms with Gasteiger partial charge in [0.05, 0.1) is 5.69 Å². The van der Waals surface area contributed by atoms with Crippen LogP contribution in [0, 0.1) is 25.2 Å². The molecule has 1 unspecified atom stereocenters. The molecule has 6 heteroatoms. The number of ether oxygens (including phenoxy) is 1. The molecule has 0 amide bonds. The maximum atomic E-state index is 10.2. The molecule has 0 aliphatic carbocycles. The molecule has 4 heterocycles. The molecule has 0 bridgehead atoms. The minimum atomic E-state index is 0.333. The van der Waals surface area contributed by atoms with Crippen molar-refractivity contribution in [3.8, 4) is 0 Å². The summed E-state index contributed by atoms with van der Waals surface area (Å²) in [5.74, 6) is 0.425. The average Bonchev–Trinajstić information content (AvgIpc) is 3.03. The van der Waals surface area contributed by atoms with E-state index in [0.29, 0.717) is 24.0 Å². The van der Waals surface area contributed by atoms with Gasteiger partial charge in [-0.2, -0.15) is 5.10 Å². The van der Waals surface area contributed by atoms with E-state index in [9.17, 15) is 5.11 Å². The molecule has 2 N–H and O–H groups in total. The monoisotopic (exact) mass is 376 g/mol. The van der Waals surface area contributed by atoms with E-state index in [0.717, 1.165) is 57.9 Å². The normalized spacial score (nSPS) is 28.0. The summed E-state index contributed by atoms with van der Waals surface area (Å²) >= 11 is 0. The largest absolute Gasteiger partial charge is 0.396 e. The fourth-order valence-corrected chi connectivity index (χ4v) is 5.62. The lowest BCUT2D eigenvalue weighted by Gasteiger charge is -2.53. The van der Waals surface area contributed by atoms with Crippen LogP contribution in [0.25, 0.3) is 0 Å². The first-order valence-electron chi connectivity index (χ1n) is 10.8. The Hall–Kier alpha value is -0.950. The van der Waals surface area contributed by atoms with Gasteiger partial charge in [0.25, 0.3) is 0 Å². The van der Waals surface area contributed by atoms with Gasteiger partial charge in [0, 0.05) is 56.1 Å². The number of rotatable bonds is 4. The zero-order valence-corrected chi connectivity index (χ0v) is 17.0. The topological polar surface area (TPSA) is 64.6 Å². The maximum absolute atomic E-state index is 10.2. The Morgan fingerprint density at radius 1 is 1.15 bits per heavy atom. The number of hydrogen-bond donors (Lipinski definition) is 2. The van der Waals surface area contributed by atoms with Crippen molar-refractivity contribution in [1.29, 1.82) is 0 Å². The Bertz CT molecular complexity index is 598. The van der Waals surface area contributed by atoms with Gasteiger partial charge in [0.2, 0.25) is 0 Å². The van der Waals surface area contributed by atoms with Crippen molar-refractivity contribution in [2.75, 3.05) is 46.0 Å². The number of hydrogen-bond acceptors (Lipinski definition) is 5. The second-order valence-corrected chi connectivity index (χ2v) is 9.02. The molecule has 1 aromatic heterocycles. The molecule has 3 fully saturated rings. The average molecular weight is 377 g/mol. The zero-order chi connectivity index (χ0) is 18.9. The number of H-pyrrole nitrogens is 1. The van der Waals surface area contributed by atoms with Crippen LogP contribution in [-0.4, -0.2) is 77.1 Å². The van der Waals surface area contributed by atoms with Crippen LogP contribution in [0.2, 0.25) is 0 Å². The summed E-state index contributed by atoms with van der Waals surface area (Å²) in [6.45, 7) is 11.9. The van der Waals surface area contributed by atoms with Crippen LogP contribution in [0.3, 0.4) is 0 Å². The maximum Gasteiger partial charge on any atom is 0.0639 e. The highest BCUT2D eigenvalue weighted by atomic mass is 16.5. The molecule has 4 rings (SSSR count). The van der Waals surface area contributed by atoms with Crippen molar-refractivity contribution < 1.29 is 9.84 Å². The predicted octanol–water partition coefficient (Wildman–Crippen LogP) is 2.10. The fraction of sp³-hybridized carbons (Fsp3) is 0.857. The fourth-order valence-electron chi connectivity index (χ4n) is 5.62. The molecule has 3 saturated heterocycles. The Morgan fingerprint density at radius 2 is 1.85 bits per heavy atom. The molecule has 1 atom stereocenters. The minimum absolute atomic E-state index is 0.333. The number of aliphatic hydroxyl groups excluding tert-OH is 1. The third-order valence-electron chi connectivity index (χ3n) is 7.66. The van der Waals surface area contributed by atoms with Gasteiger partial charge in [0.15, 0.2) is 0 Å². The van der Waals surface area contributed by atoms with E-state index < -0.39 is 0 Å². The van der Waals surface area contributed by atoms with Crippen molar-refractivity contribution in [2.45, 2.75) is 58.5 Å². The molecule has 1 aromatic rings. The molecule has 152 valence electrons. The van der Waals surface area contributed by atoms with Crippen LogP contribution in [0.15, 0.2) is 0 Å². The number of piperidine rings is 2. The molecule has 0 radical (unpaired) electrons. The molecule has 3 aliphatic rings. The summed E-state index contributed by atoms with van der Waals surface area (Å²) < 4.78 is 5.54. The highest BCUT2D eigenvalue weighted by molar-refractivity contribution is 5.23. The van der Waals surface area contributed by atoms with Crippen LogP contribution < -0.4 is 0 Å². The number of aryl methyl sites for hydroxylation is 2. The van der Waals surface area contributed by atoms with E-state index in [1.54, 1.807) is 0 Å². The Morgan fingerprint density at radius 3 is 2.48 bits per heavy atom. The summed E-state index contributed by atoms with van der Waals surface area (Å²) in [5.41, 5.74) is 4.03. The summed E-state index contributed by atoms with van der Waals surface area (Å²) in [7, 11) is 0. The first-order chi connectivity index (χ1) is 13.1. The van der Waals surface area contributed by atoms with E-state index in [4.69, 9.17) is 4.74 Å². The number of aromatic nitrogens is 2. The van der Waals surface area contributed by atoms with E-state index >= 15 is 0 Å². The quantitative estimate of drug-likeness (QED) is 0.843. The summed E-state index contributed by atoms with van der Waals surface area (Å²) in [4.78, 5) is 5.23. The number of aromatic amines is 1. The number of aliphatic hydroxyl groups is 1. The summed E-state index contributed by atoms with van der Waals surface area (Å²) in [5, 5.41) is 17.6. The molecule has 27 heavy (non-hydrogen) atoms. The highest BCUT2D eigenvalue weighted by Crippen LogP contribution is 2.46. The third-order valence-corrected chi connectivity index (χ3v) is 7.66. The molecule has 6 nitrogen and oxygen atoms in total. The summed E-state index contributed by atoms with van der Waals surface area (Å²) in [6.07, 6.45) is 5.99. The van der Waals surface area contributed by atoms with Gasteiger partial charge < -0.3 is 9.84 Å². The van der Waals surface area contributed by atoms with Gasteiger partial charge in [-0.25, -0.2) is 0 Å². The molecule has 0 aromatic carbocycles. The van der Waals surface area contributed by atoms with E-state index in [2.05, 4.69) is 33.8 Å². The number of nitrogens with zero attached hydrogens (tertiary/aromatic N) is 3. The highest BCUT2D eigenvalue weighted by Gasteiger charge is 2.45. The SMILES string of the molecule is Cc1n[nH]c(C)c1CN1CCC2(CC1)CCN(C1CCOCC1)CC2CO. The lowest BCUT2D eigenvalue weighted by atomic mass is 9.64. The Kier molecular flexibility index (Phi) is 5.88. The minimum Gasteiger partial charge on any atom is -0.396 e. The lowest BCUT2D eigenvalue weighted by Crippen LogP contribution is -2.56. The Balaban J connectivity index is 1.35. The third kappa shape index (κ3) is 3.95. The van der Waals surface area contributed by atoms with Crippen LogP contribution >= 0.6 is 0 Å². The standard InChI is InChI=1S/C21H36N4O2/c1-16-20(17(2)23-22-16)14-24-8-5-21(6-9-24)7-10-25(13-18(21)15-26)19-3-11-27-12-4-19/h18-19,26H,3-15H2,1-2H3,(H,22,23).